The minimum atomic E-state index is -0.428. The second-order valence-corrected chi connectivity index (χ2v) is 7.41. The van der Waals surface area contributed by atoms with Crippen LogP contribution in [0.2, 0.25) is 0 Å². The number of hydrogen-bond donors (Lipinski definition) is 0. The highest BCUT2D eigenvalue weighted by molar-refractivity contribution is 5.66. The SMILES string of the molecule is CCCCC(CC)c1cn2cc(-c3cc(F)c4nc(C)cn4c3)cc(F)c2n1. The molecule has 1 atom stereocenters. The molecule has 0 saturated heterocycles. The van der Waals surface area contributed by atoms with Crippen molar-refractivity contribution in [3.8, 4) is 11.1 Å². The molecule has 0 bridgehead atoms. The summed E-state index contributed by atoms with van der Waals surface area (Å²) in [4.78, 5) is 8.71. The fraction of sp³-hybridized carbons (Fsp3) is 0.364. The van der Waals surface area contributed by atoms with E-state index in [0.717, 1.165) is 37.1 Å². The maximum atomic E-state index is 14.8. The first-order chi connectivity index (χ1) is 13.5. The second kappa shape index (κ2) is 7.34. The Labute approximate surface area is 162 Å². The summed E-state index contributed by atoms with van der Waals surface area (Å²) in [5.74, 6) is -0.509. The zero-order valence-electron chi connectivity index (χ0n) is 16.4. The summed E-state index contributed by atoms with van der Waals surface area (Å²) in [6, 6.07) is 2.82. The Morgan fingerprint density at radius 2 is 1.50 bits per heavy atom. The van der Waals surface area contributed by atoms with E-state index in [1.165, 1.54) is 12.1 Å². The van der Waals surface area contributed by atoms with E-state index in [0.29, 0.717) is 22.7 Å². The normalized spacial score (nSPS) is 12.9. The smallest absolute Gasteiger partial charge is 0.173 e. The lowest BCUT2D eigenvalue weighted by Gasteiger charge is -2.10. The third kappa shape index (κ3) is 3.28. The van der Waals surface area contributed by atoms with Crippen LogP contribution in [-0.4, -0.2) is 18.8 Å². The van der Waals surface area contributed by atoms with Crippen molar-refractivity contribution in [2.45, 2.75) is 52.4 Å². The molecule has 4 rings (SSSR count). The van der Waals surface area contributed by atoms with E-state index in [4.69, 9.17) is 0 Å². The van der Waals surface area contributed by atoms with E-state index in [1.54, 1.807) is 21.2 Å². The molecule has 0 fully saturated rings. The predicted molar refractivity (Wildman–Crippen MR) is 107 cm³/mol. The van der Waals surface area contributed by atoms with Crippen molar-refractivity contribution < 1.29 is 8.78 Å². The molecule has 1 unspecified atom stereocenters. The molecule has 0 amide bonds. The molecule has 0 aromatic carbocycles. The number of rotatable bonds is 6. The number of aromatic nitrogens is 4. The topological polar surface area (TPSA) is 34.6 Å². The van der Waals surface area contributed by atoms with Gasteiger partial charge in [0.25, 0.3) is 0 Å². The molecule has 4 aromatic rings. The van der Waals surface area contributed by atoms with Crippen molar-refractivity contribution in [1.29, 1.82) is 0 Å². The molecule has 4 nitrogen and oxygen atoms in total. The first-order valence-electron chi connectivity index (χ1n) is 9.83. The number of aryl methyl sites for hydroxylation is 1. The first kappa shape index (κ1) is 18.6. The van der Waals surface area contributed by atoms with Gasteiger partial charge in [-0.25, -0.2) is 18.7 Å². The summed E-state index contributed by atoms with van der Waals surface area (Å²) in [6.45, 7) is 6.12. The highest BCUT2D eigenvalue weighted by Crippen LogP contribution is 2.28. The minimum absolute atomic E-state index is 0.273. The van der Waals surface area contributed by atoms with Crippen LogP contribution in [0.3, 0.4) is 0 Å². The summed E-state index contributed by atoms with van der Waals surface area (Å²) < 4.78 is 32.6. The summed E-state index contributed by atoms with van der Waals surface area (Å²) in [7, 11) is 0. The van der Waals surface area contributed by atoms with E-state index in [-0.39, 0.29) is 5.65 Å². The third-order valence-electron chi connectivity index (χ3n) is 5.30. The molecule has 0 radical (unpaired) electrons. The van der Waals surface area contributed by atoms with Crippen LogP contribution in [-0.2, 0) is 0 Å². The van der Waals surface area contributed by atoms with Crippen molar-refractivity contribution >= 4 is 11.3 Å². The van der Waals surface area contributed by atoms with Gasteiger partial charge in [-0.15, -0.1) is 0 Å². The average molecular weight is 382 g/mol. The standard InChI is InChI=1S/C22H24F2N4/c1-4-6-7-15(5-2)20-13-28-12-17(9-19(24)22(28)26-20)16-8-18(23)21-25-14(3)10-27(21)11-16/h8-13,15H,4-7H2,1-3H3. The van der Waals surface area contributed by atoms with E-state index in [2.05, 4.69) is 23.8 Å². The Balaban J connectivity index is 1.78. The van der Waals surface area contributed by atoms with E-state index in [1.807, 2.05) is 19.3 Å². The van der Waals surface area contributed by atoms with Gasteiger partial charge >= 0.3 is 0 Å². The van der Waals surface area contributed by atoms with Crippen LogP contribution >= 0.6 is 0 Å². The van der Waals surface area contributed by atoms with Crippen LogP contribution in [0, 0.1) is 18.6 Å². The van der Waals surface area contributed by atoms with E-state index >= 15 is 0 Å². The third-order valence-corrected chi connectivity index (χ3v) is 5.30. The summed E-state index contributed by atoms with van der Waals surface area (Å²) in [5, 5.41) is 0. The van der Waals surface area contributed by atoms with Gasteiger partial charge in [-0.3, -0.25) is 0 Å². The molecule has 0 aliphatic heterocycles. The number of nitrogens with zero attached hydrogens (tertiary/aromatic N) is 4. The Kier molecular flexibility index (Phi) is 4.87. The average Bonchev–Trinajstić information content (AvgIpc) is 3.26. The van der Waals surface area contributed by atoms with Gasteiger partial charge in [0, 0.05) is 41.8 Å². The fourth-order valence-corrected chi connectivity index (χ4v) is 3.78. The number of fused-ring (bicyclic) bond motifs is 2. The molecule has 0 N–H and O–H groups in total. The molecular formula is C22H24F2N4. The largest absolute Gasteiger partial charge is 0.304 e. The Morgan fingerprint density at radius 1 is 0.893 bits per heavy atom. The first-order valence-corrected chi connectivity index (χ1v) is 9.83. The van der Waals surface area contributed by atoms with E-state index in [9.17, 15) is 8.78 Å². The molecule has 0 aliphatic rings. The number of imidazole rings is 2. The van der Waals surface area contributed by atoms with Gasteiger partial charge in [-0.05, 0) is 31.9 Å². The number of hydrogen-bond acceptors (Lipinski definition) is 2. The summed E-state index contributed by atoms with van der Waals surface area (Å²) in [5.41, 5.74) is 3.43. The Bertz CT molecular complexity index is 1140. The van der Waals surface area contributed by atoms with Crippen LogP contribution in [0.25, 0.3) is 22.4 Å². The van der Waals surface area contributed by atoms with Crippen molar-refractivity contribution in [3.63, 3.8) is 0 Å². The minimum Gasteiger partial charge on any atom is -0.304 e. The highest BCUT2D eigenvalue weighted by atomic mass is 19.1. The highest BCUT2D eigenvalue weighted by Gasteiger charge is 2.17. The molecule has 0 aliphatic carbocycles. The van der Waals surface area contributed by atoms with Crippen molar-refractivity contribution in [2.75, 3.05) is 0 Å². The molecule has 0 saturated carbocycles. The number of unbranched alkanes of at least 4 members (excludes halogenated alkanes) is 1. The maximum absolute atomic E-state index is 14.8. The molecule has 0 spiro atoms. The zero-order chi connectivity index (χ0) is 19.8. The van der Waals surface area contributed by atoms with Gasteiger partial charge in [-0.2, -0.15) is 0 Å². The van der Waals surface area contributed by atoms with Crippen LogP contribution < -0.4 is 0 Å². The lowest BCUT2D eigenvalue weighted by Crippen LogP contribution is -1.97. The van der Waals surface area contributed by atoms with Crippen molar-refractivity contribution in [3.05, 3.63) is 59.9 Å². The van der Waals surface area contributed by atoms with E-state index < -0.39 is 11.6 Å². The van der Waals surface area contributed by atoms with Crippen LogP contribution in [0.15, 0.2) is 36.9 Å². The van der Waals surface area contributed by atoms with Crippen LogP contribution in [0.1, 0.15) is 56.8 Å². The van der Waals surface area contributed by atoms with Gasteiger partial charge in [0.05, 0.1) is 11.4 Å². The molecule has 4 aromatic heterocycles. The lowest BCUT2D eigenvalue weighted by molar-refractivity contribution is 0.559. The van der Waals surface area contributed by atoms with Crippen LogP contribution in [0.5, 0.6) is 0 Å². The summed E-state index contributed by atoms with van der Waals surface area (Å²) >= 11 is 0. The van der Waals surface area contributed by atoms with Gasteiger partial charge in [-0.1, -0.05) is 26.7 Å². The summed E-state index contributed by atoms with van der Waals surface area (Å²) in [6.07, 6.45) is 11.5. The van der Waals surface area contributed by atoms with Crippen molar-refractivity contribution in [1.82, 2.24) is 18.8 Å². The maximum Gasteiger partial charge on any atom is 0.173 e. The lowest BCUT2D eigenvalue weighted by atomic mass is 9.96. The molecular weight excluding hydrogens is 358 g/mol. The zero-order valence-corrected chi connectivity index (χ0v) is 16.4. The number of pyridine rings is 2. The molecule has 6 heteroatoms. The van der Waals surface area contributed by atoms with Crippen molar-refractivity contribution in [2.24, 2.45) is 0 Å². The number of halogens is 2. The fourth-order valence-electron chi connectivity index (χ4n) is 3.78. The second-order valence-electron chi connectivity index (χ2n) is 7.41. The van der Waals surface area contributed by atoms with Crippen LogP contribution in [0.4, 0.5) is 8.78 Å². The van der Waals surface area contributed by atoms with Gasteiger partial charge in [0.2, 0.25) is 0 Å². The Hall–Kier alpha value is -2.76. The predicted octanol–water partition coefficient (Wildman–Crippen LogP) is 5.92. The van der Waals surface area contributed by atoms with Gasteiger partial charge in [0.1, 0.15) is 0 Å². The Morgan fingerprint density at radius 3 is 2.11 bits per heavy atom. The quantitative estimate of drug-likeness (QED) is 0.415. The van der Waals surface area contributed by atoms with Gasteiger partial charge < -0.3 is 8.80 Å². The molecule has 28 heavy (non-hydrogen) atoms. The van der Waals surface area contributed by atoms with Gasteiger partial charge in [0.15, 0.2) is 22.9 Å². The molecule has 4 heterocycles. The molecule has 146 valence electrons. The monoisotopic (exact) mass is 382 g/mol.